The fourth-order valence-corrected chi connectivity index (χ4v) is 5.38. The Labute approximate surface area is 215 Å². The molecule has 2 aliphatic heterocycles. The Morgan fingerprint density at radius 1 is 1.22 bits per heavy atom. The fourth-order valence-electron chi connectivity index (χ4n) is 4.72. The summed E-state index contributed by atoms with van der Waals surface area (Å²) in [7, 11) is -3.89. The molecule has 198 valence electrons. The van der Waals surface area contributed by atoms with E-state index in [4.69, 9.17) is 9.47 Å². The van der Waals surface area contributed by atoms with Crippen LogP contribution in [0, 0.1) is 5.82 Å². The molecule has 37 heavy (non-hydrogen) atoms. The highest BCUT2D eigenvalue weighted by Gasteiger charge is 2.33. The van der Waals surface area contributed by atoms with E-state index in [9.17, 15) is 17.6 Å². The summed E-state index contributed by atoms with van der Waals surface area (Å²) < 4.78 is 53.6. The number of carbonyl (C=O) groups is 1. The van der Waals surface area contributed by atoms with Gasteiger partial charge in [0.05, 0.1) is 41.3 Å². The van der Waals surface area contributed by atoms with Crippen LogP contribution in [0.1, 0.15) is 62.0 Å². The van der Waals surface area contributed by atoms with Crippen molar-refractivity contribution >= 4 is 27.1 Å². The number of halogens is 1. The Balaban J connectivity index is 1.46. The van der Waals surface area contributed by atoms with Crippen LogP contribution in [0.4, 0.5) is 10.1 Å². The maximum atomic E-state index is 14.4. The number of rotatable bonds is 6. The van der Waals surface area contributed by atoms with E-state index in [1.54, 1.807) is 12.3 Å². The number of hydrogen-bond donors (Lipinski definition) is 1. The van der Waals surface area contributed by atoms with E-state index < -0.39 is 20.7 Å². The van der Waals surface area contributed by atoms with Gasteiger partial charge in [0.15, 0.2) is 0 Å². The minimum Gasteiger partial charge on any atom is -0.488 e. The second kappa shape index (κ2) is 9.60. The third kappa shape index (κ3) is 5.02. The van der Waals surface area contributed by atoms with E-state index in [-0.39, 0.29) is 23.5 Å². The first kappa shape index (κ1) is 25.5. The Hall–Kier alpha value is -3.18. The van der Waals surface area contributed by atoms with Crippen molar-refractivity contribution in [3.8, 4) is 5.75 Å². The Morgan fingerprint density at radius 2 is 2.03 bits per heavy atom. The number of anilines is 1. The van der Waals surface area contributed by atoms with E-state index in [0.29, 0.717) is 24.5 Å². The zero-order valence-corrected chi connectivity index (χ0v) is 21.9. The Bertz CT molecular complexity index is 1430. The summed E-state index contributed by atoms with van der Waals surface area (Å²) in [6.45, 7) is 6.46. The number of benzene rings is 1. The molecule has 2 aromatic heterocycles. The molecular formula is C26H31FN4O5S. The number of nitrogens with zero attached hydrogens (tertiary/aromatic N) is 3. The third-order valence-electron chi connectivity index (χ3n) is 6.88. The summed E-state index contributed by atoms with van der Waals surface area (Å²) in [6.07, 6.45) is 5.52. The monoisotopic (exact) mass is 530 g/mol. The Morgan fingerprint density at radius 3 is 2.76 bits per heavy atom. The van der Waals surface area contributed by atoms with Crippen molar-refractivity contribution in [1.29, 1.82) is 0 Å². The lowest BCUT2D eigenvalue weighted by Crippen LogP contribution is -2.42. The van der Waals surface area contributed by atoms with Gasteiger partial charge in [-0.1, -0.05) is 0 Å². The molecule has 0 radical (unpaired) electrons. The summed E-state index contributed by atoms with van der Waals surface area (Å²) in [5.41, 5.74) is 2.22. The van der Waals surface area contributed by atoms with Gasteiger partial charge in [0, 0.05) is 30.4 Å². The number of hydrogen-bond acceptors (Lipinski definition) is 7. The molecule has 9 nitrogen and oxygen atoms in total. The van der Waals surface area contributed by atoms with Gasteiger partial charge in [-0.15, -0.1) is 0 Å². The van der Waals surface area contributed by atoms with Crippen molar-refractivity contribution < 1.29 is 27.1 Å². The number of aromatic nitrogens is 2. The van der Waals surface area contributed by atoms with Gasteiger partial charge in [0.25, 0.3) is 5.91 Å². The average Bonchev–Trinajstić information content (AvgIpc) is 3.59. The van der Waals surface area contributed by atoms with Crippen LogP contribution in [0.5, 0.6) is 5.75 Å². The number of sulfonamides is 1. The van der Waals surface area contributed by atoms with Crippen LogP contribution in [-0.4, -0.2) is 54.5 Å². The average molecular weight is 531 g/mol. The van der Waals surface area contributed by atoms with E-state index in [0.717, 1.165) is 37.1 Å². The van der Waals surface area contributed by atoms with E-state index >= 15 is 0 Å². The lowest BCUT2D eigenvalue weighted by Gasteiger charge is -2.29. The van der Waals surface area contributed by atoms with Gasteiger partial charge in [0.2, 0.25) is 10.0 Å². The predicted octanol–water partition coefficient (Wildman–Crippen LogP) is 3.84. The largest absolute Gasteiger partial charge is 0.488 e. The van der Waals surface area contributed by atoms with Crippen LogP contribution in [0.2, 0.25) is 0 Å². The molecule has 1 aromatic carbocycles. The highest BCUT2D eigenvalue weighted by atomic mass is 32.2. The topological polar surface area (TPSA) is 102 Å². The highest BCUT2D eigenvalue weighted by molar-refractivity contribution is 7.91. The van der Waals surface area contributed by atoms with Crippen LogP contribution in [0.15, 0.2) is 42.7 Å². The first-order chi connectivity index (χ1) is 17.5. The van der Waals surface area contributed by atoms with Gasteiger partial charge in [-0.3, -0.25) is 4.79 Å². The van der Waals surface area contributed by atoms with Crippen LogP contribution >= 0.6 is 0 Å². The number of carbonyl (C=O) groups excluding carboxylic acids is 1. The minimum atomic E-state index is -3.89. The van der Waals surface area contributed by atoms with Crippen molar-refractivity contribution in [3.05, 3.63) is 59.7 Å². The summed E-state index contributed by atoms with van der Waals surface area (Å²) in [4.78, 5) is 15.1. The predicted molar refractivity (Wildman–Crippen MR) is 137 cm³/mol. The van der Waals surface area contributed by atoms with Crippen molar-refractivity contribution in [2.45, 2.75) is 56.9 Å². The molecule has 1 unspecified atom stereocenters. The SMILES string of the molecule is CC(C)(C)S(=O)(=O)NC(=O)c1cnn2ccc(N3CCC[C@@H]3c3cc(F)ccc3OC3CCOC3)cc12. The van der Waals surface area contributed by atoms with Crippen molar-refractivity contribution in [1.82, 2.24) is 14.3 Å². The Kier molecular flexibility index (Phi) is 6.61. The molecule has 0 spiro atoms. The van der Waals surface area contributed by atoms with Crippen molar-refractivity contribution in [3.63, 3.8) is 0 Å². The lowest BCUT2D eigenvalue weighted by molar-refractivity contribution is 0.0982. The van der Waals surface area contributed by atoms with Crippen molar-refractivity contribution in [2.24, 2.45) is 0 Å². The normalized spacial score (nSPS) is 20.5. The van der Waals surface area contributed by atoms with Gasteiger partial charge in [-0.2, -0.15) is 5.10 Å². The summed E-state index contributed by atoms with van der Waals surface area (Å²) in [6, 6.07) is 8.19. The number of amides is 1. The lowest BCUT2D eigenvalue weighted by atomic mass is 10.0. The molecule has 1 amide bonds. The van der Waals surface area contributed by atoms with Gasteiger partial charge >= 0.3 is 0 Å². The molecular weight excluding hydrogens is 499 g/mol. The van der Waals surface area contributed by atoms with Crippen molar-refractivity contribution in [2.75, 3.05) is 24.7 Å². The maximum Gasteiger partial charge on any atom is 0.268 e. The smallest absolute Gasteiger partial charge is 0.268 e. The zero-order chi connectivity index (χ0) is 26.4. The van der Waals surface area contributed by atoms with E-state index in [1.807, 2.05) is 12.1 Å². The third-order valence-corrected chi connectivity index (χ3v) is 8.95. The maximum absolute atomic E-state index is 14.4. The van der Waals surface area contributed by atoms with E-state index in [2.05, 4.69) is 14.7 Å². The number of nitrogens with one attached hydrogen (secondary N) is 1. The standard InChI is InChI=1S/C26H31FN4O5S/c1-26(2,3)37(33,34)29-25(32)21-15-28-31-11-8-18(14-23(21)31)30-10-4-5-22(30)20-13-17(27)6-7-24(20)36-19-9-12-35-16-19/h6-8,11,13-15,19,22H,4-5,9-10,12,16H2,1-3H3,(H,29,32)/t19?,22-/m1/s1. The first-order valence-corrected chi connectivity index (χ1v) is 13.9. The molecule has 11 heteroatoms. The molecule has 2 saturated heterocycles. The van der Waals surface area contributed by atoms with E-state index in [1.165, 1.54) is 43.6 Å². The summed E-state index contributed by atoms with van der Waals surface area (Å²) >= 11 is 0. The summed E-state index contributed by atoms with van der Waals surface area (Å²) in [5.74, 6) is -0.423. The summed E-state index contributed by atoms with van der Waals surface area (Å²) in [5, 5.41) is 4.22. The van der Waals surface area contributed by atoms with Gasteiger partial charge in [-0.05, 0) is 63.9 Å². The highest BCUT2D eigenvalue weighted by Crippen LogP contribution is 2.41. The molecule has 2 atom stereocenters. The van der Waals surface area contributed by atoms with Gasteiger partial charge < -0.3 is 14.4 Å². The molecule has 0 aliphatic carbocycles. The molecule has 4 heterocycles. The minimum absolute atomic E-state index is 0.0624. The fraction of sp³-hybridized carbons (Fsp3) is 0.462. The van der Waals surface area contributed by atoms with Crippen LogP contribution in [0.3, 0.4) is 0 Å². The number of pyridine rings is 1. The number of ether oxygens (including phenoxy) is 2. The molecule has 5 rings (SSSR count). The second-order valence-electron chi connectivity index (χ2n) is 10.5. The molecule has 0 saturated carbocycles. The molecule has 0 bridgehead atoms. The van der Waals surface area contributed by atoms with Gasteiger partial charge in [-0.25, -0.2) is 22.0 Å². The molecule has 2 fully saturated rings. The molecule has 3 aromatic rings. The quantitative estimate of drug-likeness (QED) is 0.517. The first-order valence-electron chi connectivity index (χ1n) is 12.4. The second-order valence-corrected chi connectivity index (χ2v) is 12.9. The molecule has 1 N–H and O–H groups in total. The van der Waals surface area contributed by atoms with Crippen LogP contribution < -0.4 is 14.4 Å². The van der Waals surface area contributed by atoms with Gasteiger partial charge in [0.1, 0.15) is 17.7 Å². The number of fused-ring (bicyclic) bond motifs is 1. The van der Waals surface area contributed by atoms with Crippen LogP contribution in [-0.2, 0) is 14.8 Å². The van der Waals surface area contributed by atoms with Crippen LogP contribution in [0.25, 0.3) is 5.52 Å². The zero-order valence-electron chi connectivity index (χ0n) is 21.1. The molecule has 2 aliphatic rings.